The molecule has 0 radical (unpaired) electrons. The van der Waals surface area contributed by atoms with Crippen LogP contribution in [0.4, 0.5) is 11.4 Å². The monoisotopic (exact) mass is 703 g/mol. The van der Waals surface area contributed by atoms with Crippen molar-refractivity contribution in [3.8, 4) is 22.5 Å². The fourth-order valence-corrected chi connectivity index (χ4v) is 9.16. The Balaban J connectivity index is 1.75. The summed E-state index contributed by atoms with van der Waals surface area (Å²) in [7, 11) is -2.36. The number of anilines is 2. The lowest BCUT2D eigenvalue weighted by molar-refractivity contribution is 0.123. The zero-order valence-electron chi connectivity index (χ0n) is 29.4. The maximum atomic E-state index is 12.6. The van der Waals surface area contributed by atoms with Gasteiger partial charge in [-0.25, -0.2) is 4.58 Å². The standard InChI is InChI=1S/C38H46N2O7SSi/c1-8-22-40(38-27(3)14-12-15-28(38)4)30-19-21-32-35(26-30)47-34-25-29(39(9-2)23-13-24-49(44-5,45-6)46-7)18-20-31(34)37(32)33-16-10-11-17-36(33)48(41,42)43/h10-12,14-21,25-26H,8-9,13,22-24H2,1-7H3/p+1. The Morgan fingerprint density at radius 3 is 2.18 bits per heavy atom. The van der Waals surface area contributed by atoms with E-state index >= 15 is 0 Å². The zero-order valence-corrected chi connectivity index (χ0v) is 31.3. The largest absolute Gasteiger partial charge is 0.500 e. The quantitative estimate of drug-likeness (QED) is 0.0544. The van der Waals surface area contributed by atoms with Crippen LogP contribution in [-0.2, 0) is 23.4 Å². The topological polar surface area (TPSA) is 101 Å². The van der Waals surface area contributed by atoms with Crippen LogP contribution in [0.2, 0.25) is 6.04 Å². The van der Waals surface area contributed by atoms with Crippen molar-refractivity contribution >= 4 is 41.3 Å². The zero-order chi connectivity index (χ0) is 35.3. The maximum Gasteiger partial charge on any atom is 0.500 e. The SMILES string of the molecule is CCCN(c1ccc2c(-c3ccccc3S(=O)(=O)O)c3ccc(=[N+](CC)CCC[Si](OC)(OC)OC)cc-3oc2c1)c1c(C)cccc1C. The fraction of sp³-hybridized carbons (Fsp3) is 0.342. The van der Waals surface area contributed by atoms with E-state index in [2.05, 4.69) is 61.4 Å². The predicted molar refractivity (Wildman–Crippen MR) is 198 cm³/mol. The number of hydrogen-bond acceptors (Lipinski definition) is 7. The van der Waals surface area contributed by atoms with Gasteiger partial charge in [0.05, 0.1) is 6.07 Å². The molecule has 2 aliphatic rings. The average Bonchev–Trinajstić information content (AvgIpc) is 3.10. The van der Waals surface area contributed by atoms with E-state index in [0.717, 1.165) is 60.2 Å². The third-order valence-corrected chi connectivity index (χ3v) is 12.9. The molecule has 0 atom stereocenters. The lowest BCUT2D eigenvalue weighted by Gasteiger charge is -2.28. The second-order valence-corrected chi connectivity index (χ2v) is 16.7. The molecule has 0 saturated heterocycles. The first kappa shape index (κ1) is 36.4. The van der Waals surface area contributed by atoms with Gasteiger partial charge in [0.2, 0.25) is 5.36 Å². The number of rotatable bonds is 14. The van der Waals surface area contributed by atoms with Crippen LogP contribution in [0.15, 0.2) is 88.2 Å². The van der Waals surface area contributed by atoms with Gasteiger partial charge in [-0.2, -0.15) is 8.42 Å². The van der Waals surface area contributed by atoms with E-state index in [1.807, 2.05) is 30.3 Å². The molecule has 1 heterocycles. The molecular weight excluding hydrogens is 657 g/mol. The number of hydrogen-bond donors (Lipinski definition) is 1. The summed E-state index contributed by atoms with van der Waals surface area (Å²) in [6, 6.07) is 25.6. The Morgan fingerprint density at radius 2 is 1.55 bits per heavy atom. The molecule has 1 N–H and O–H groups in total. The molecule has 0 amide bonds. The summed E-state index contributed by atoms with van der Waals surface area (Å²) < 4.78 is 61.4. The fourth-order valence-electron chi connectivity index (χ4n) is 6.76. The van der Waals surface area contributed by atoms with Crippen molar-refractivity contribution in [3.63, 3.8) is 0 Å². The van der Waals surface area contributed by atoms with Crippen molar-refractivity contribution in [1.82, 2.24) is 4.58 Å². The van der Waals surface area contributed by atoms with Crippen molar-refractivity contribution in [2.75, 3.05) is 45.9 Å². The van der Waals surface area contributed by atoms with Crippen LogP contribution >= 0.6 is 0 Å². The van der Waals surface area contributed by atoms with Gasteiger partial charge in [0.25, 0.3) is 10.1 Å². The molecule has 49 heavy (non-hydrogen) atoms. The number of fused-ring (bicyclic) bond motifs is 2. The lowest BCUT2D eigenvalue weighted by atomic mass is 9.93. The van der Waals surface area contributed by atoms with Crippen molar-refractivity contribution in [2.24, 2.45) is 0 Å². The number of nitrogens with zero attached hydrogens (tertiary/aromatic N) is 2. The summed E-state index contributed by atoms with van der Waals surface area (Å²) in [6.07, 6.45) is 1.73. The molecule has 3 aromatic carbocycles. The van der Waals surface area contributed by atoms with E-state index < -0.39 is 18.9 Å². The number of aryl methyl sites for hydroxylation is 2. The van der Waals surface area contributed by atoms with E-state index in [4.69, 9.17) is 17.7 Å². The Bertz CT molecular complexity index is 2060. The molecule has 3 aromatic rings. The molecule has 1 aliphatic heterocycles. The molecule has 0 saturated carbocycles. The first-order chi connectivity index (χ1) is 23.5. The highest BCUT2D eigenvalue weighted by Crippen LogP contribution is 2.43. The van der Waals surface area contributed by atoms with Crippen LogP contribution in [0.1, 0.15) is 37.8 Å². The highest BCUT2D eigenvalue weighted by molar-refractivity contribution is 7.86. The molecule has 0 bridgehead atoms. The van der Waals surface area contributed by atoms with Crippen LogP contribution in [0.5, 0.6) is 0 Å². The summed E-state index contributed by atoms with van der Waals surface area (Å²) in [4.78, 5) is 2.16. The molecule has 1 aliphatic carbocycles. The minimum Gasteiger partial charge on any atom is -0.456 e. The maximum absolute atomic E-state index is 12.6. The van der Waals surface area contributed by atoms with Gasteiger partial charge < -0.3 is 22.6 Å². The summed E-state index contributed by atoms with van der Waals surface area (Å²) in [5, 5.41) is 1.70. The molecule has 0 unspecified atom stereocenters. The van der Waals surface area contributed by atoms with Crippen molar-refractivity contribution in [2.45, 2.75) is 51.5 Å². The van der Waals surface area contributed by atoms with Crippen molar-refractivity contribution < 1.29 is 30.7 Å². The summed E-state index contributed by atoms with van der Waals surface area (Å²) >= 11 is 0. The van der Waals surface area contributed by atoms with Crippen LogP contribution in [0, 0.1) is 13.8 Å². The van der Waals surface area contributed by atoms with Crippen LogP contribution in [-0.4, -0.2) is 62.7 Å². The van der Waals surface area contributed by atoms with Gasteiger partial charge in [-0.3, -0.25) is 4.55 Å². The summed E-state index contributed by atoms with van der Waals surface area (Å²) in [5.41, 5.74) is 6.91. The Kier molecular flexibility index (Phi) is 11.4. The van der Waals surface area contributed by atoms with Gasteiger partial charge in [0.15, 0.2) is 0 Å². The van der Waals surface area contributed by atoms with E-state index in [1.54, 1.807) is 39.5 Å². The van der Waals surface area contributed by atoms with E-state index in [9.17, 15) is 13.0 Å². The van der Waals surface area contributed by atoms with Gasteiger partial charge in [0.1, 0.15) is 29.3 Å². The Labute approximate surface area is 290 Å². The van der Waals surface area contributed by atoms with Crippen molar-refractivity contribution in [3.05, 3.63) is 95.3 Å². The van der Waals surface area contributed by atoms with E-state index in [0.29, 0.717) is 28.5 Å². The smallest absolute Gasteiger partial charge is 0.456 e. The molecule has 0 aromatic heterocycles. The third-order valence-electron chi connectivity index (χ3n) is 9.18. The summed E-state index contributed by atoms with van der Waals surface area (Å²) in [6.45, 7) is 10.8. The van der Waals surface area contributed by atoms with Gasteiger partial charge in [0, 0.05) is 85.9 Å². The minimum atomic E-state index is -4.52. The molecule has 0 fully saturated rings. The highest BCUT2D eigenvalue weighted by atomic mass is 32.2. The van der Waals surface area contributed by atoms with Gasteiger partial charge in [-0.15, -0.1) is 0 Å². The normalized spacial score (nSPS) is 12.9. The Morgan fingerprint density at radius 1 is 0.857 bits per heavy atom. The molecule has 260 valence electrons. The first-order valence-corrected chi connectivity index (χ1v) is 20.0. The number of benzene rings is 4. The molecular formula is C38H47N2O7SSi+. The van der Waals surface area contributed by atoms with Gasteiger partial charge >= 0.3 is 8.80 Å². The molecule has 5 rings (SSSR count). The molecule has 0 spiro atoms. The van der Waals surface area contributed by atoms with E-state index in [1.165, 1.54) is 17.2 Å². The second kappa shape index (κ2) is 15.4. The first-order valence-electron chi connectivity index (χ1n) is 16.7. The predicted octanol–water partition coefficient (Wildman–Crippen LogP) is 7.68. The molecule has 11 heteroatoms. The lowest BCUT2D eigenvalue weighted by Crippen LogP contribution is -2.43. The van der Waals surface area contributed by atoms with Crippen molar-refractivity contribution in [1.29, 1.82) is 0 Å². The van der Waals surface area contributed by atoms with E-state index in [-0.39, 0.29) is 4.90 Å². The average molecular weight is 704 g/mol. The van der Waals surface area contributed by atoms with Crippen LogP contribution in [0.3, 0.4) is 0 Å². The number of para-hydroxylation sites is 1. The Hall–Kier alpha value is -3.84. The van der Waals surface area contributed by atoms with Crippen LogP contribution in [0.25, 0.3) is 33.4 Å². The summed E-state index contributed by atoms with van der Waals surface area (Å²) in [5.74, 6) is 0.601. The third kappa shape index (κ3) is 7.52. The van der Waals surface area contributed by atoms with Gasteiger partial charge in [-0.1, -0.05) is 43.3 Å². The van der Waals surface area contributed by atoms with Gasteiger partial charge in [-0.05, 0) is 62.6 Å². The second-order valence-electron chi connectivity index (χ2n) is 12.2. The molecule has 9 nitrogen and oxygen atoms in total. The highest BCUT2D eigenvalue weighted by Gasteiger charge is 2.37. The van der Waals surface area contributed by atoms with Crippen LogP contribution < -0.4 is 14.8 Å². The minimum absolute atomic E-state index is 0.155.